The molecule has 1 heterocycles. The number of hydrogen-bond donors (Lipinski definition) is 1. The molecule has 0 amide bonds. The third kappa shape index (κ3) is 3.43. The number of rotatable bonds is 3. The van der Waals surface area contributed by atoms with E-state index in [0.717, 1.165) is 32.1 Å². The largest absolute Gasteiger partial charge is 0.351 e. The molecule has 14 heavy (non-hydrogen) atoms. The minimum Gasteiger partial charge on any atom is -0.351 e. The van der Waals surface area contributed by atoms with Gasteiger partial charge in [0.2, 0.25) is 0 Å². The van der Waals surface area contributed by atoms with Crippen LogP contribution in [-0.4, -0.2) is 43.2 Å². The third-order valence-electron chi connectivity index (χ3n) is 2.84. The maximum Gasteiger partial charge on any atom is 0.290 e. The van der Waals surface area contributed by atoms with Gasteiger partial charge in [0.15, 0.2) is 0 Å². The second kappa shape index (κ2) is 4.94. The standard InChI is InChI=1S/C10H20BN2O/c1-10(2,3)13-6-4-9(5-7-13)12-11-8-14/h8-9,12H,4-7H2,1-3H3. The second-order valence-electron chi connectivity index (χ2n) is 4.90. The molecule has 0 aromatic rings. The predicted molar refractivity (Wildman–Crippen MR) is 60.0 cm³/mol. The molecule has 0 aliphatic carbocycles. The summed E-state index contributed by atoms with van der Waals surface area (Å²) in [5.74, 6) is 0. The highest BCUT2D eigenvalue weighted by Gasteiger charge is 2.26. The molecule has 0 aromatic carbocycles. The molecule has 0 saturated carbocycles. The van der Waals surface area contributed by atoms with Gasteiger partial charge in [-0.25, -0.2) is 0 Å². The maximum atomic E-state index is 10.1. The zero-order chi connectivity index (χ0) is 10.6. The van der Waals surface area contributed by atoms with Gasteiger partial charge in [-0.15, -0.1) is 0 Å². The first-order chi connectivity index (χ1) is 6.54. The average Bonchev–Trinajstić information content (AvgIpc) is 2.14. The number of likely N-dealkylation sites (tertiary alicyclic amines) is 1. The van der Waals surface area contributed by atoms with Gasteiger partial charge in [0, 0.05) is 18.6 Å². The van der Waals surface area contributed by atoms with Gasteiger partial charge < -0.3 is 10.0 Å². The lowest BCUT2D eigenvalue weighted by Gasteiger charge is -2.41. The Bertz CT molecular complexity index is 183. The molecule has 4 heteroatoms. The van der Waals surface area contributed by atoms with Crippen molar-refractivity contribution in [1.82, 2.24) is 10.1 Å². The van der Waals surface area contributed by atoms with E-state index in [1.807, 2.05) is 0 Å². The highest BCUT2D eigenvalue weighted by molar-refractivity contribution is 6.64. The molecule has 1 rings (SSSR count). The van der Waals surface area contributed by atoms with Gasteiger partial charge in [0.25, 0.3) is 7.41 Å². The van der Waals surface area contributed by atoms with Gasteiger partial charge in [-0.3, -0.25) is 4.90 Å². The lowest BCUT2D eigenvalue weighted by atomic mass is 9.91. The van der Waals surface area contributed by atoms with Crippen molar-refractivity contribution in [2.24, 2.45) is 0 Å². The molecule has 79 valence electrons. The first kappa shape index (κ1) is 11.7. The summed E-state index contributed by atoms with van der Waals surface area (Å²) in [6, 6.07) is 0.485. The van der Waals surface area contributed by atoms with E-state index >= 15 is 0 Å². The Morgan fingerprint density at radius 2 is 1.93 bits per heavy atom. The van der Waals surface area contributed by atoms with Crippen molar-refractivity contribution in [1.29, 1.82) is 0 Å². The van der Waals surface area contributed by atoms with Crippen molar-refractivity contribution < 1.29 is 4.79 Å². The van der Waals surface area contributed by atoms with Gasteiger partial charge in [0.1, 0.15) is 0 Å². The highest BCUT2D eigenvalue weighted by Crippen LogP contribution is 2.19. The number of carbonyl (C=O) groups excluding carboxylic acids is 1. The van der Waals surface area contributed by atoms with Gasteiger partial charge >= 0.3 is 0 Å². The highest BCUT2D eigenvalue weighted by atomic mass is 16.1. The van der Waals surface area contributed by atoms with Gasteiger partial charge in [-0.2, -0.15) is 0 Å². The Morgan fingerprint density at radius 3 is 2.36 bits per heavy atom. The first-order valence-corrected chi connectivity index (χ1v) is 5.32. The van der Waals surface area contributed by atoms with Crippen LogP contribution in [0.15, 0.2) is 0 Å². The normalized spacial score (nSPS) is 20.8. The van der Waals surface area contributed by atoms with Crippen LogP contribution in [0.25, 0.3) is 0 Å². The van der Waals surface area contributed by atoms with Crippen molar-refractivity contribution in [3.63, 3.8) is 0 Å². The Labute approximate surface area is 87.5 Å². The Balaban J connectivity index is 2.27. The molecule has 1 aliphatic rings. The van der Waals surface area contributed by atoms with Crippen LogP contribution in [0.4, 0.5) is 0 Å². The van der Waals surface area contributed by atoms with Crippen LogP contribution in [0, 0.1) is 0 Å². The summed E-state index contributed by atoms with van der Waals surface area (Å²) >= 11 is 0. The van der Waals surface area contributed by atoms with Crippen LogP contribution < -0.4 is 5.23 Å². The lowest BCUT2D eigenvalue weighted by Crippen LogP contribution is -2.50. The summed E-state index contributed by atoms with van der Waals surface area (Å²) in [6.07, 6.45) is 3.07. The zero-order valence-corrected chi connectivity index (χ0v) is 9.42. The van der Waals surface area contributed by atoms with Crippen LogP contribution >= 0.6 is 0 Å². The van der Waals surface area contributed by atoms with Crippen molar-refractivity contribution in [2.75, 3.05) is 13.1 Å². The summed E-state index contributed by atoms with van der Waals surface area (Å²) in [5.41, 5.74) is 0.277. The molecule has 0 spiro atoms. The van der Waals surface area contributed by atoms with Crippen LogP contribution in [-0.2, 0) is 4.79 Å². The number of hydrogen-bond acceptors (Lipinski definition) is 3. The molecule has 1 radical (unpaired) electrons. The Morgan fingerprint density at radius 1 is 1.36 bits per heavy atom. The maximum absolute atomic E-state index is 10.1. The molecular weight excluding hydrogens is 175 g/mol. The summed E-state index contributed by atoms with van der Waals surface area (Å²) in [6.45, 7) is 8.98. The minimum atomic E-state index is 0.277. The van der Waals surface area contributed by atoms with E-state index in [2.05, 4.69) is 30.9 Å². The molecule has 1 aliphatic heterocycles. The predicted octanol–water partition coefficient (Wildman–Crippen LogP) is 0.648. The van der Waals surface area contributed by atoms with Gasteiger partial charge in [-0.1, -0.05) is 0 Å². The fraction of sp³-hybridized carbons (Fsp3) is 0.900. The quantitative estimate of drug-likeness (QED) is 0.530. The van der Waals surface area contributed by atoms with Crippen LogP contribution in [0.5, 0.6) is 0 Å². The smallest absolute Gasteiger partial charge is 0.290 e. The number of nitrogens with zero attached hydrogens (tertiary/aromatic N) is 1. The monoisotopic (exact) mass is 195 g/mol. The Kier molecular flexibility index (Phi) is 4.14. The number of nitrogens with one attached hydrogen (secondary N) is 1. The minimum absolute atomic E-state index is 0.277. The fourth-order valence-electron chi connectivity index (χ4n) is 1.89. The molecule has 0 unspecified atom stereocenters. The second-order valence-corrected chi connectivity index (χ2v) is 4.90. The van der Waals surface area contributed by atoms with Crippen molar-refractivity contribution in [3.05, 3.63) is 0 Å². The molecule has 3 nitrogen and oxygen atoms in total. The molecule has 0 bridgehead atoms. The molecule has 0 aromatic heterocycles. The molecule has 0 atom stereocenters. The third-order valence-corrected chi connectivity index (χ3v) is 2.84. The van der Waals surface area contributed by atoms with E-state index in [1.54, 1.807) is 0 Å². The molecule has 1 saturated heterocycles. The SMILES string of the molecule is CC(C)(C)N1CCC(N[B]C=O)CC1. The van der Waals surface area contributed by atoms with Crippen LogP contribution in [0.2, 0.25) is 0 Å². The van der Waals surface area contributed by atoms with E-state index in [4.69, 9.17) is 0 Å². The topological polar surface area (TPSA) is 32.3 Å². The number of carbonyl (C=O) groups is 1. The van der Waals surface area contributed by atoms with E-state index in [-0.39, 0.29) is 5.54 Å². The molecular formula is C10H20BN2O. The van der Waals surface area contributed by atoms with Crippen molar-refractivity contribution >= 4 is 13.6 Å². The lowest BCUT2D eigenvalue weighted by molar-refractivity contribution is 0.100. The summed E-state index contributed by atoms with van der Waals surface area (Å²) in [7, 11) is 1.51. The van der Waals surface area contributed by atoms with Crippen LogP contribution in [0.1, 0.15) is 33.6 Å². The zero-order valence-electron chi connectivity index (χ0n) is 9.42. The number of piperidine rings is 1. The van der Waals surface area contributed by atoms with Crippen LogP contribution in [0.3, 0.4) is 0 Å². The van der Waals surface area contributed by atoms with E-state index in [0.29, 0.717) is 6.04 Å². The summed E-state index contributed by atoms with van der Waals surface area (Å²) < 4.78 is 0. The summed E-state index contributed by atoms with van der Waals surface area (Å²) in [4.78, 5) is 12.6. The fourth-order valence-corrected chi connectivity index (χ4v) is 1.89. The van der Waals surface area contributed by atoms with E-state index in [9.17, 15) is 4.79 Å². The molecule has 1 fully saturated rings. The van der Waals surface area contributed by atoms with Gasteiger partial charge in [-0.05, 0) is 39.7 Å². The van der Waals surface area contributed by atoms with E-state index in [1.165, 1.54) is 7.41 Å². The average molecular weight is 195 g/mol. The summed E-state index contributed by atoms with van der Waals surface area (Å²) in [5, 5.41) is 3.12. The molecule has 1 N–H and O–H groups in total. The van der Waals surface area contributed by atoms with Crippen molar-refractivity contribution in [3.8, 4) is 0 Å². The van der Waals surface area contributed by atoms with Gasteiger partial charge in [0.05, 0.1) is 6.19 Å². The van der Waals surface area contributed by atoms with Crippen molar-refractivity contribution in [2.45, 2.75) is 45.2 Å². The Hall–Kier alpha value is -0.345. The first-order valence-electron chi connectivity index (χ1n) is 5.32. The van der Waals surface area contributed by atoms with E-state index < -0.39 is 0 Å².